The van der Waals surface area contributed by atoms with Crippen molar-refractivity contribution in [3.8, 4) is 5.75 Å². The van der Waals surface area contributed by atoms with Gasteiger partial charge in [-0.3, -0.25) is 0 Å². The van der Waals surface area contributed by atoms with Gasteiger partial charge in [-0.25, -0.2) is 4.79 Å². The molecule has 88 valence electrons. The summed E-state index contributed by atoms with van der Waals surface area (Å²) < 4.78 is 15.3. The van der Waals surface area contributed by atoms with Crippen molar-refractivity contribution in [2.24, 2.45) is 0 Å². The molecule has 0 saturated carbocycles. The molecule has 16 heavy (non-hydrogen) atoms. The van der Waals surface area contributed by atoms with Crippen LogP contribution in [-0.4, -0.2) is 38.2 Å². The number of carboxylic acid groups (broad SMARTS) is 1. The van der Waals surface area contributed by atoms with Crippen LogP contribution in [0.15, 0.2) is 24.3 Å². The first kappa shape index (κ1) is 12.5. The topological polar surface area (TPSA) is 65.0 Å². The van der Waals surface area contributed by atoms with Crippen molar-refractivity contribution in [2.75, 3.05) is 20.8 Å². The minimum absolute atomic E-state index is 0.216. The van der Waals surface area contributed by atoms with Crippen molar-refractivity contribution >= 4 is 5.97 Å². The van der Waals surface area contributed by atoms with Crippen LogP contribution >= 0.6 is 0 Å². The fraction of sp³-hybridized carbons (Fsp3) is 0.364. The second-order valence-corrected chi connectivity index (χ2v) is 3.07. The first-order chi connectivity index (χ1) is 7.67. The highest BCUT2D eigenvalue weighted by Gasteiger charge is 2.09. The molecule has 5 heteroatoms. The van der Waals surface area contributed by atoms with Crippen LogP contribution in [0, 0.1) is 0 Å². The molecule has 0 heterocycles. The van der Waals surface area contributed by atoms with E-state index in [0.29, 0.717) is 12.4 Å². The summed E-state index contributed by atoms with van der Waals surface area (Å²) >= 11 is 0. The lowest BCUT2D eigenvalue weighted by Gasteiger charge is -2.16. The maximum absolute atomic E-state index is 10.6. The lowest BCUT2D eigenvalue weighted by Crippen LogP contribution is -2.24. The molecule has 1 atom stereocenters. The Labute approximate surface area is 93.6 Å². The Kier molecular flexibility index (Phi) is 4.75. The van der Waals surface area contributed by atoms with E-state index < -0.39 is 12.3 Å². The third kappa shape index (κ3) is 3.52. The first-order valence-electron chi connectivity index (χ1n) is 4.69. The quantitative estimate of drug-likeness (QED) is 0.742. The highest BCUT2D eigenvalue weighted by atomic mass is 16.7. The van der Waals surface area contributed by atoms with E-state index in [9.17, 15) is 4.79 Å². The van der Waals surface area contributed by atoms with Gasteiger partial charge in [-0.05, 0) is 24.3 Å². The van der Waals surface area contributed by atoms with Gasteiger partial charge in [0.25, 0.3) is 0 Å². The number of rotatable bonds is 6. The second-order valence-electron chi connectivity index (χ2n) is 3.07. The molecule has 1 rings (SSSR count). The van der Waals surface area contributed by atoms with Crippen LogP contribution in [-0.2, 0) is 9.47 Å². The van der Waals surface area contributed by atoms with E-state index in [1.54, 1.807) is 19.2 Å². The van der Waals surface area contributed by atoms with Gasteiger partial charge in [0.2, 0.25) is 6.29 Å². The van der Waals surface area contributed by atoms with Crippen molar-refractivity contribution < 1.29 is 24.1 Å². The number of methoxy groups -OCH3 is 2. The standard InChI is InChI=1S/C11H14O5/c1-14-7-10(15-2)16-9-5-3-8(4-6-9)11(12)13/h3-6,10H,7H2,1-2H3,(H,12,13). The third-order valence-corrected chi connectivity index (χ3v) is 1.93. The van der Waals surface area contributed by atoms with E-state index in [2.05, 4.69) is 0 Å². The first-order valence-corrected chi connectivity index (χ1v) is 4.69. The summed E-state index contributed by atoms with van der Waals surface area (Å²) in [5, 5.41) is 8.70. The van der Waals surface area contributed by atoms with Gasteiger partial charge in [0.05, 0.1) is 5.56 Å². The van der Waals surface area contributed by atoms with Crippen LogP contribution in [0.4, 0.5) is 0 Å². The molecule has 0 radical (unpaired) electrons. The molecule has 0 aromatic heterocycles. The van der Waals surface area contributed by atoms with Crippen molar-refractivity contribution in [2.45, 2.75) is 6.29 Å². The summed E-state index contributed by atoms with van der Waals surface area (Å²) in [4.78, 5) is 10.6. The van der Waals surface area contributed by atoms with Gasteiger partial charge < -0.3 is 19.3 Å². The predicted octanol–water partition coefficient (Wildman–Crippen LogP) is 1.38. The average molecular weight is 226 g/mol. The predicted molar refractivity (Wildman–Crippen MR) is 56.7 cm³/mol. The highest BCUT2D eigenvalue weighted by Crippen LogP contribution is 2.14. The van der Waals surface area contributed by atoms with Crippen molar-refractivity contribution in [3.05, 3.63) is 29.8 Å². The van der Waals surface area contributed by atoms with E-state index in [1.807, 2.05) is 0 Å². The number of carbonyl (C=O) groups is 1. The Morgan fingerprint density at radius 3 is 2.38 bits per heavy atom. The summed E-state index contributed by atoms with van der Waals surface area (Å²) in [5.41, 5.74) is 0.216. The molecule has 1 unspecified atom stereocenters. The zero-order valence-corrected chi connectivity index (χ0v) is 9.17. The van der Waals surface area contributed by atoms with Crippen molar-refractivity contribution in [1.29, 1.82) is 0 Å². The molecule has 0 aliphatic heterocycles. The van der Waals surface area contributed by atoms with Crippen LogP contribution in [0.25, 0.3) is 0 Å². The van der Waals surface area contributed by atoms with E-state index in [1.165, 1.54) is 19.2 Å². The number of ether oxygens (including phenoxy) is 3. The van der Waals surface area contributed by atoms with E-state index >= 15 is 0 Å². The molecule has 0 amide bonds. The molecule has 0 aliphatic rings. The summed E-state index contributed by atoms with van der Waals surface area (Å²) in [6.45, 7) is 0.303. The van der Waals surface area contributed by atoms with Crippen molar-refractivity contribution in [1.82, 2.24) is 0 Å². The maximum Gasteiger partial charge on any atom is 0.335 e. The third-order valence-electron chi connectivity index (χ3n) is 1.93. The van der Waals surface area contributed by atoms with Gasteiger partial charge in [-0.15, -0.1) is 0 Å². The zero-order valence-electron chi connectivity index (χ0n) is 9.17. The lowest BCUT2D eigenvalue weighted by atomic mass is 10.2. The lowest BCUT2D eigenvalue weighted by molar-refractivity contribution is -0.0931. The van der Waals surface area contributed by atoms with Crippen LogP contribution in [0.5, 0.6) is 5.75 Å². The van der Waals surface area contributed by atoms with Gasteiger partial charge in [-0.1, -0.05) is 0 Å². The zero-order chi connectivity index (χ0) is 12.0. The molecular formula is C11H14O5. The average Bonchev–Trinajstić information content (AvgIpc) is 2.29. The van der Waals surface area contributed by atoms with E-state index in [-0.39, 0.29) is 5.56 Å². The Hall–Kier alpha value is -1.59. The minimum atomic E-state index is -0.966. The van der Waals surface area contributed by atoms with E-state index in [4.69, 9.17) is 19.3 Å². The van der Waals surface area contributed by atoms with Crippen LogP contribution < -0.4 is 4.74 Å². The van der Waals surface area contributed by atoms with Gasteiger partial charge in [-0.2, -0.15) is 0 Å². The number of carboxylic acids is 1. The van der Waals surface area contributed by atoms with Crippen LogP contribution in [0.2, 0.25) is 0 Å². The summed E-state index contributed by atoms with van der Waals surface area (Å²) in [6, 6.07) is 6.09. The smallest absolute Gasteiger partial charge is 0.335 e. The molecule has 1 N–H and O–H groups in total. The number of hydrogen-bond acceptors (Lipinski definition) is 4. The molecular weight excluding hydrogens is 212 g/mol. The Morgan fingerprint density at radius 1 is 1.31 bits per heavy atom. The van der Waals surface area contributed by atoms with Crippen LogP contribution in [0.3, 0.4) is 0 Å². The van der Waals surface area contributed by atoms with Gasteiger partial charge >= 0.3 is 5.97 Å². The molecule has 1 aromatic rings. The highest BCUT2D eigenvalue weighted by molar-refractivity contribution is 5.87. The number of aromatic carboxylic acids is 1. The maximum atomic E-state index is 10.6. The fourth-order valence-electron chi connectivity index (χ4n) is 1.11. The Morgan fingerprint density at radius 2 is 1.94 bits per heavy atom. The second kappa shape index (κ2) is 6.09. The molecule has 5 nitrogen and oxygen atoms in total. The largest absolute Gasteiger partial charge is 0.478 e. The summed E-state index contributed by atoms with van der Waals surface area (Å²) in [7, 11) is 3.05. The molecule has 0 aliphatic carbocycles. The monoisotopic (exact) mass is 226 g/mol. The number of benzene rings is 1. The van der Waals surface area contributed by atoms with Gasteiger partial charge in [0, 0.05) is 14.2 Å². The Balaban J connectivity index is 2.63. The summed E-state index contributed by atoms with van der Waals surface area (Å²) in [5.74, 6) is -0.430. The molecule has 0 fully saturated rings. The van der Waals surface area contributed by atoms with Crippen molar-refractivity contribution in [3.63, 3.8) is 0 Å². The minimum Gasteiger partial charge on any atom is -0.478 e. The molecule has 0 spiro atoms. The van der Waals surface area contributed by atoms with E-state index in [0.717, 1.165) is 0 Å². The fourth-order valence-corrected chi connectivity index (χ4v) is 1.11. The molecule has 0 bridgehead atoms. The van der Waals surface area contributed by atoms with Gasteiger partial charge in [0.1, 0.15) is 12.4 Å². The normalized spacial score (nSPS) is 12.1. The molecule has 1 aromatic carbocycles. The summed E-state index contributed by atoms with van der Waals surface area (Å²) in [6.07, 6.45) is -0.499. The van der Waals surface area contributed by atoms with Crippen LogP contribution in [0.1, 0.15) is 10.4 Å². The number of hydrogen-bond donors (Lipinski definition) is 1. The SMILES string of the molecule is COCC(OC)Oc1ccc(C(=O)O)cc1. The van der Waals surface area contributed by atoms with Gasteiger partial charge in [0.15, 0.2) is 0 Å². The molecule has 0 saturated heterocycles. The Bertz CT molecular complexity index is 333.